The van der Waals surface area contributed by atoms with E-state index < -0.39 is 0 Å². The van der Waals surface area contributed by atoms with Crippen LogP contribution in [0.4, 0.5) is 0 Å². The first kappa shape index (κ1) is 33.5. The van der Waals surface area contributed by atoms with Crippen molar-refractivity contribution in [1.82, 2.24) is 4.40 Å². The number of pyridine rings is 2. The van der Waals surface area contributed by atoms with E-state index in [9.17, 15) is 4.79 Å². The fraction of sp³-hybridized carbons (Fsp3) is 0.319. The molecule has 5 aromatic carbocycles. The Balaban J connectivity index is 1.47. The van der Waals surface area contributed by atoms with Crippen molar-refractivity contribution in [2.45, 2.75) is 107 Å². The lowest BCUT2D eigenvalue weighted by Crippen LogP contribution is -2.58. The highest BCUT2D eigenvalue weighted by Gasteiger charge is 2.38. The van der Waals surface area contributed by atoms with Crippen LogP contribution in [0.25, 0.3) is 38.1 Å². The van der Waals surface area contributed by atoms with Crippen LogP contribution >= 0.6 is 11.8 Å². The van der Waals surface area contributed by atoms with Crippen LogP contribution < -0.4 is 27.2 Å². The zero-order valence-corrected chi connectivity index (χ0v) is 32.0. The molecule has 0 spiro atoms. The van der Waals surface area contributed by atoms with Gasteiger partial charge in [0.25, 0.3) is 0 Å². The van der Waals surface area contributed by atoms with Gasteiger partial charge in [0.1, 0.15) is 0 Å². The smallest absolute Gasteiger partial charge is 0.244 e. The van der Waals surface area contributed by atoms with Crippen molar-refractivity contribution >= 4 is 73.0 Å². The van der Waals surface area contributed by atoms with Crippen molar-refractivity contribution in [2.75, 3.05) is 0 Å². The van der Waals surface area contributed by atoms with Gasteiger partial charge in [-0.2, -0.15) is 0 Å². The molecule has 1 fully saturated rings. The highest BCUT2D eigenvalue weighted by atomic mass is 32.2. The SMILES string of the molecule is CC(C)c1cc(C(C)C)c(B2c3ccccc3Sc3c2cc2c(=O)c4ccccc4n4c5ccc(C6CCCCC6)cc5c(=O)c3c24)c(C(C)C)c1. The van der Waals surface area contributed by atoms with Gasteiger partial charge in [-0.3, -0.25) is 9.59 Å². The average molecular weight is 700 g/mol. The van der Waals surface area contributed by atoms with Gasteiger partial charge in [-0.05, 0) is 89.1 Å². The highest BCUT2D eigenvalue weighted by Crippen LogP contribution is 2.40. The molecule has 1 aliphatic carbocycles. The van der Waals surface area contributed by atoms with Crippen molar-refractivity contribution in [3.05, 3.63) is 128 Å². The second kappa shape index (κ2) is 12.7. The molecule has 2 aromatic heterocycles. The average Bonchev–Trinajstić information content (AvgIpc) is 3.16. The normalized spacial score (nSPS) is 15.2. The molecular formula is C47H46BNO2S. The van der Waals surface area contributed by atoms with Crippen molar-refractivity contribution in [2.24, 2.45) is 0 Å². The number of hydrogen-bond acceptors (Lipinski definition) is 3. The first-order valence-electron chi connectivity index (χ1n) is 19.4. The molecule has 0 N–H and O–H groups in total. The molecule has 2 aliphatic rings. The number of hydrogen-bond donors (Lipinski definition) is 0. The lowest BCUT2D eigenvalue weighted by molar-refractivity contribution is 0.444. The number of fused-ring (bicyclic) bond motifs is 7. The van der Waals surface area contributed by atoms with E-state index in [1.807, 2.05) is 24.3 Å². The number of aromatic nitrogens is 1. The van der Waals surface area contributed by atoms with Crippen molar-refractivity contribution in [3.8, 4) is 0 Å². The summed E-state index contributed by atoms with van der Waals surface area (Å²) in [5, 5.41) is 2.75. The summed E-state index contributed by atoms with van der Waals surface area (Å²) in [5.41, 5.74) is 11.5. The molecule has 3 heterocycles. The van der Waals surface area contributed by atoms with Crippen molar-refractivity contribution in [3.63, 3.8) is 0 Å². The van der Waals surface area contributed by atoms with E-state index in [0.29, 0.717) is 39.8 Å². The Morgan fingerprint density at radius 2 is 1.33 bits per heavy atom. The minimum absolute atomic E-state index is 0.00749. The van der Waals surface area contributed by atoms with Gasteiger partial charge in [0.2, 0.25) is 6.71 Å². The standard InChI is InChI=1S/C47H46BNO2S/c1-26(2)31-23-33(27(3)4)43(34(24-31)28(5)6)48-37-17-11-13-19-41(37)52-47-38(48)25-36-44-42(47)46(51)35-22-30(29-14-8-7-9-15-29)20-21-40(35)49(44)39-18-12-10-16-32(39)45(36)50/h10-13,16-29H,7-9,14-15H2,1-6H3. The maximum Gasteiger partial charge on any atom is 0.244 e. The zero-order chi connectivity index (χ0) is 36.0. The first-order valence-corrected chi connectivity index (χ1v) is 20.2. The van der Waals surface area contributed by atoms with E-state index in [2.05, 4.69) is 107 Å². The van der Waals surface area contributed by atoms with Gasteiger partial charge in [0.15, 0.2) is 10.9 Å². The Kier molecular flexibility index (Phi) is 8.15. The number of rotatable bonds is 5. The maximum atomic E-state index is 15.3. The second-order valence-electron chi connectivity index (χ2n) is 16.3. The Labute approximate surface area is 310 Å². The summed E-state index contributed by atoms with van der Waals surface area (Å²) in [6.07, 6.45) is 6.11. The predicted octanol–water partition coefficient (Wildman–Crippen LogP) is 9.96. The predicted molar refractivity (Wildman–Crippen MR) is 223 cm³/mol. The molecule has 0 bridgehead atoms. The monoisotopic (exact) mass is 699 g/mol. The third-order valence-electron chi connectivity index (χ3n) is 12.2. The van der Waals surface area contributed by atoms with Gasteiger partial charge < -0.3 is 4.40 Å². The van der Waals surface area contributed by atoms with E-state index in [1.165, 1.54) is 70.2 Å². The number of benzene rings is 5. The Bertz CT molecular complexity index is 2650. The minimum atomic E-state index is -0.119. The minimum Gasteiger partial charge on any atom is -0.307 e. The summed E-state index contributed by atoms with van der Waals surface area (Å²) >= 11 is 1.71. The topological polar surface area (TPSA) is 38.5 Å². The Morgan fingerprint density at radius 3 is 2.04 bits per heavy atom. The maximum absolute atomic E-state index is 15.3. The van der Waals surface area contributed by atoms with Gasteiger partial charge in [-0.1, -0.05) is 144 Å². The number of para-hydroxylation sites is 1. The molecule has 0 saturated heterocycles. The fourth-order valence-corrected chi connectivity index (χ4v) is 10.7. The Morgan fingerprint density at radius 1 is 0.654 bits per heavy atom. The summed E-state index contributed by atoms with van der Waals surface area (Å²) < 4.78 is 2.23. The zero-order valence-electron chi connectivity index (χ0n) is 31.2. The molecule has 260 valence electrons. The van der Waals surface area contributed by atoms with Crippen molar-refractivity contribution in [1.29, 1.82) is 0 Å². The first-order chi connectivity index (χ1) is 25.1. The second-order valence-corrected chi connectivity index (χ2v) is 17.4. The summed E-state index contributed by atoms with van der Waals surface area (Å²) in [4.78, 5) is 32.2. The molecule has 1 saturated carbocycles. The van der Waals surface area contributed by atoms with Gasteiger partial charge in [0, 0.05) is 25.9 Å². The molecule has 5 heteroatoms. The summed E-state index contributed by atoms with van der Waals surface area (Å²) in [6.45, 7) is 13.6. The van der Waals surface area contributed by atoms with Crippen LogP contribution in [0.3, 0.4) is 0 Å². The van der Waals surface area contributed by atoms with Gasteiger partial charge in [-0.25, -0.2) is 0 Å². The van der Waals surface area contributed by atoms with Crippen LogP contribution in [0.2, 0.25) is 0 Å². The molecule has 3 nitrogen and oxygen atoms in total. The third kappa shape index (κ3) is 5.02. The van der Waals surface area contributed by atoms with Gasteiger partial charge in [-0.15, -0.1) is 0 Å². The molecule has 0 radical (unpaired) electrons. The van der Waals surface area contributed by atoms with E-state index in [-0.39, 0.29) is 17.6 Å². The summed E-state index contributed by atoms with van der Waals surface area (Å²) in [5.74, 6) is 1.47. The molecule has 7 aromatic rings. The number of nitrogens with zero attached hydrogens (tertiary/aromatic N) is 1. The lowest BCUT2D eigenvalue weighted by atomic mass is 9.34. The van der Waals surface area contributed by atoms with Gasteiger partial charge >= 0.3 is 0 Å². The van der Waals surface area contributed by atoms with Crippen LogP contribution in [0, 0.1) is 0 Å². The summed E-state index contributed by atoms with van der Waals surface area (Å²) in [7, 11) is 0. The molecule has 9 rings (SSSR count). The van der Waals surface area contributed by atoms with E-state index >= 15 is 4.79 Å². The molecule has 1 aliphatic heterocycles. The molecule has 0 atom stereocenters. The Hall–Kier alpha value is -4.35. The quantitative estimate of drug-likeness (QED) is 0.102. The molecule has 52 heavy (non-hydrogen) atoms. The third-order valence-corrected chi connectivity index (χ3v) is 13.4. The van der Waals surface area contributed by atoms with Gasteiger partial charge in [0.05, 0.1) is 21.9 Å². The van der Waals surface area contributed by atoms with E-state index in [4.69, 9.17) is 0 Å². The molecule has 0 unspecified atom stereocenters. The van der Waals surface area contributed by atoms with Crippen LogP contribution in [0.15, 0.2) is 104 Å². The summed E-state index contributed by atoms with van der Waals surface area (Å²) in [6, 6.07) is 30.3. The fourth-order valence-electron chi connectivity index (χ4n) is 9.49. The highest BCUT2D eigenvalue weighted by molar-refractivity contribution is 8.00. The van der Waals surface area contributed by atoms with Crippen LogP contribution in [0.5, 0.6) is 0 Å². The largest absolute Gasteiger partial charge is 0.307 e. The van der Waals surface area contributed by atoms with Crippen LogP contribution in [-0.2, 0) is 0 Å². The van der Waals surface area contributed by atoms with Crippen LogP contribution in [0.1, 0.15) is 120 Å². The lowest BCUT2D eigenvalue weighted by Gasteiger charge is -2.33. The molecular weight excluding hydrogens is 653 g/mol. The van der Waals surface area contributed by atoms with Crippen molar-refractivity contribution < 1.29 is 0 Å². The van der Waals surface area contributed by atoms with E-state index in [1.54, 1.807) is 11.8 Å². The molecule has 0 amide bonds. The van der Waals surface area contributed by atoms with Crippen LogP contribution in [-0.4, -0.2) is 11.1 Å². The van der Waals surface area contributed by atoms with E-state index in [0.717, 1.165) is 32.3 Å².